The number of aromatic nitrogens is 3. The number of aryl methyl sites for hydroxylation is 1. The monoisotopic (exact) mass is 523 g/mol. The fraction of sp³-hybridized carbons (Fsp3) is 0.355. The van der Waals surface area contributed by atoms with E-state index in [9.17, 15) is 9.59 Å². The van der Waals surface area contributed by atoms with Crippen LogP contribution in [0.3, 0.4) is 0 Å². The molecule has 0 aliphatic carbocycles. The number of fused-ring (bicyclic) bond motifs is 1. The number of amides is 1. The van der Waals surface area contributed by atoms with Gasteiger partial charge in [-0.1, -0.05) is 42.5 Å². The zero-order chi connectivity index (χ0) is 26.8. The van der Waals surface area contributed by atoms with E-state index in [0.29, 0.717) is 35.9 Å². The highest BCUT2D eigenvalue weighted by molar-refractivity contribution is 6.05. The Morgan fingerprint density at radius 3 is 2.44 bits per heavy atom. The molecule has 2 aromatic heterocycles. The molecule has 200 valence electrons. The molecule has 2 fully saturated rings. The molecule has 8 nitrogen and oxygen atoms in total. The molecule has 1 amide bonds. The Hall–Kier alpha value is -3.88. The van der Waals surface area contributed by atoms with Gasteiger partial charge >= 0.3 is 0 Å². The van der Waals surface area contributed by atoms with Crippen molar-refractivity contribution in [3.8, 4) is 11.1 Å². The molecule has 6 rings (SSSR count). The Labute approximate surface area is 227 Å². The quantitative estimate of drug-likeness (QED) is 0.414. The third-order valence-corrected chi connectivity index (χ3v) is 7.88. The molecule has 2 aromatic carbocycles. The van der Waals surface area contributed by atoms with Crippen molar-refractivity contribution in [3.63, 3.8) is 0 Å². The van der Waals surface area contributed by atoms with Crippen LogP contribution in [0.15, 0.2) is 71.7 Å². The van der Waals surface area contributed by atoms with Gasteiger partial charge in [-0.05, 0) is 75.0 Å². The summed E-state index contributed by atoms with van der Waals surface area (Å²) in [6, 6.07) is 19.0. The molecule has 2 aliphatic heterocycles. The maximum absolute atomic E-state index is 14.1. The molecule has 0 spiro atoms. The average Bonchev–Trinajstić information content (AvgIpc) is 2.99. The van der Waals surface area contributed by atoms with E-state index in [-0.39, 0.29) is 23.6 Å². The first kappa shape index (κ1) is 25.4. The fourth-order valence-electron chi connectivity index (χ4n) is 5.78. The molecule has 0 atom stereocenters. The van der Waals surface area contributed by atoms with Gasteiger partial charge in [-0.3, -0.25) is 19.1 Å². The summed E-state index contributed by atoms with van der Waals surface area (Å²) in [7, 11) is 0. The molecule has 4 aromatic rings. The minimum atomic E-state index is -0.127. The Morgan fingerprint density at radius 1 is 0.974 bits per heavy atom. The molecule has 1 N–H and O–H groups in total. The first-order valence-electron chi connectivity index (χ1n) is 13.8. The second-order valence-corrected chi connectivity index (χ2v) is 10.4. The lowest BCUT2D eigenvalue weighted by Gasteiger charge is -2.33. The van der Waals surface area contributed by atoms with Crippen LogP contribution in [-0.2, 0) is 4.74 Å². The van der Waals surface area contributed by atoms with Crippen LogP contribution in [0, 0.1) is 6.92 Å². The molecule has 0 unspecified atom stereocenters. The van der Waals surface area contributed by atoms with E-state index >= 15 is 0 Å². The van der Waals surface area contributed by atoms with E-state index in [1.165, 1.54) is 0 Å². The lowest BCUT2D eigenvalue weighted by atomic mass is 10.00. The predicted octanol–water partition coefficient (Wildman–Crippen LogP) is 4.52. The van der Waals surface area contributed by atoms with Crippen LogP contribution in [0.2, 0.25) is 0 Å². The Kier molecular flexibility index (Phi) is 7.22. The normalized spacial score (nSPS) is 16.8. The molecule has 2 saturated heterocycles. The maximum Gasteiger partial charge on any atom is 0.260 e. The molecular weight excluding hydrogens is 490 g/mol. The van der Waals surface area contributed by atoms with Crippen molar-refractivity contribution in [3.05, 3.63) is 88.3 Å². The van der Waals surface area contributed by atoms with E-state index < -0.39 is 0 Å². The number of carbonyl (C=O) groups is 1. The number of anilines is 1. The van der Waals surface area contributed by atoms with Gasteiger partial charge in [-0.2, -0.15) is 4.98 Å². The summed E-state index contributed by atoms with van der Waals surface area (Å²) in [4.78, 5) is 39.5. The van der Waals surface area contributed by atoms with Crippen LogP contribution in [-0.4, -0.2) is 52.8 Å². The lowest BCUT2D eigenvalue weighted by Crippen LogP contribution is -2.47. The highest BCUT2D eigenvalue weighted by atomic mass is 16.5. The number of benzene rings is 2. The van der Waals surface area contributed by atoms with Crippen molar-refractivity contribution in [1.29, 1.82) is 0 Å². The zero-order valence-corrected chi connectivity index (χ0v) is 22.2. The first-order chi connectivity index (χ1) is 19.1. The van der Waals surface area contributed by atoms with E-state index in [1.807, 2.05) is 72.2 Å². The molecule has 4 heterocycles. The molecule has 39 heavy (non-hydrogen) atoms. The highest BCUT2D eigenvalue weighted by Crippen LogP contribution is 2.30. The van der Waals surface area contributed by atoms with E-state index in [1.54, 1.807) is 11.1 Å². The number of hydrogen-bond acceptors (Lipinski definition) is 6. The van der Waals surface area contributed by atoms with Gasteiger partial charge in [0.1, 0.15) is 5.65 Å². The number of rotatable bonds is 5. The second-order valence-electron chi connectivity index (χ2n) is 10.4. The third kappa shape index (κ3) is 4.97. The summed E-state index contributed by atoms with van der Waals surface area (Å²) in [5, 5.41) is 4.16. The van der Waals surface area contributed by atoms with Gasteiger partial charge in [0.2, 0.25) is 5.95 Å². The van der Waals surface area contributed by atoms with Gasteiger partial charge in [0, 0.05) is 48.0 Å². The summed E-state index contributed by atoms with van der Waals surface area (Å²) in [5.74, 6) is 0.213. The van der Waals surface area contributed by atoms with Crippen LogP contribution in [0.1, 0.15) is 47.6 Å². The van der Waals surface area contributed by atoms with Crippen LogP contribution in [0.4, 0.5) is 5.95 Å². The summed E-state index contributed by atoms with van der Waals surface area (Å²) in [6.07, 6.45) is 4.83. The number of hydrogen-bond donors (Lipinski definition) is 1. The van der Waals surface area contributed by atoms with Crippen molar-refractivity contribution < 1.29 is 9.53 Å². The molecular formula is C31H33N5O3. The standard InChI is InChI=1S/C31H33N5O3/c1-21-7-5-6-10-26(21)27-19-23-20-33-31(34-28(23)35(30(27)38)25-13-17-39-18-14-25)36(24-11-15-32-16-12-24)29(37)22-8-3-2-4-9-22/h2-10,19-20,24-25,32H,11-18H2,1H3. The first-order valence-corrected chi connectivity index (χ1v) is 13.8. The second kappa shape index (κ2) is 11.1. The van der Waals surface area contributed by atoms with Crippen molar-refractivity contribution >= 4 is 22.9 Å². The number of nitrogens with zero attached hydrogens (tertiary/aromatic N) is 4. The summed E-state index contributed by atoms with van der Waals surface area (Å²) in [6.45, 7) is 4.86. The van der Waals surface area contributed by atoms with Crippen molar-refractivity contribution in [1.82, 2.24) is 19.9 Å². The summed E-state index contributed by atoms with van der Waals surface area (Å²) in [5.41, 5.74) is 3.67. The number of piperidine rings is 1. The number of nitrogens with one attached hydrogen (secondary N) is 1. The van der Waals surface area contributed by atoms with Gasteiger partial charge < -0.3 is 10.1 Å². The number of carbonyl (C=O) groups excluding carboxylic acids is 1. The minimum Gasteiger partial charge on any atom is -0.381 e. The van der Waals surface area contributed by atoms with Gasteiger partial charge in [-0.25, -0.2) is 4.98 Å². The van der Waals surface area contributed by atoms with Crippen molar-refractivity contribution in [2.24, 2.45) is 0 Å². The molecule has 8 heteroatoms. The van der Waals surface area contributed by atoms with E-state index in [2.05, 4.69) is 5.32 Å². The smallest absolute Gasteiger partial charge is 0.260 e. The van der Waals surface area contributed by atoms with Crippen LogP contribution in [0.5, 0.6) is 0 Å². The van der Waals surface area contributed by atoms with Crippen LogP contribution < -0.4 is 15.8 Å². The van der Waals surface area contributed by atoms with Gasteiger partial charge in [0.25, 0.3) is 11.5 Å². The lowest BCUT2D eigenvalue weighted by molar-refractivity contribution is 0.0697. The largest absolute Gasteiger partial charge is 0.381 e. The maximum atomic E-state index is 14.1. The Bertz CT molecular complexity index is 1540. The van der Waals surface area contributed by atoms with E-state index in [0.717, 1.165) is 55.3 Å². The van der Waals surface area contributed by atoms with Gasteiger partial charge in [0.05, 0.1) is 0 Å². The van der Waals surface area contributed by atoms with Gasteiger partial charge in [-0.15, -0.1) is 0 Å². The predicted molar refractivity (Wildman–Crippen MR) is 152 cm³/mol. The Morgan fingerprint density at radius 2 is 1.69 bits per heavy atom. The van der Waals surface area contributed by atoms with Crippen LogP contribution >= 0.6 is 0 Å². The summed E-state index contributed by atoms with van der Waals surface area (Å²) < 4.78 is 7.45. The molecule has 2 aliphatic rings. The van der Waals surface area contributed by atoms with E-state index in [4.69, 9.17) is 14.7 Å². The Balaban J connectivity index is 1.54. The molecule has 0 radical (unpaired) electrons. The molecule has 0 saturated carbocycles. The summed E-state index contributed by atoms with van der Waals surface area (Å²) >= 11 is 0. The van der Waals surface area contributed by atoms with Gasteiger partial charge in [0.15, 0.2) is 0 Å². The topological polar surface area (TPSA) is 89.3 Å². The minimum absolute atomic E-state index is 0.0362. The fourth-order valence-corrected chi connectivity index (χ4v) is 5.78. The zero-order valence-electron chi connectivity index (χ0n) is 22.2. The molecule has 0 bridgehead atoms. The number of pyridine rings is 1. The number of ether oxygens (including phenoxy) is 1. The SMILES string of the molecule is Cc1ccccc1-c1cc2cnc(N(C(=O)c3ccccc3)C3CCNCC3)nc2n(C2CCOCC2)c1=O. The average molecular weight is 524 g/mol. The van der Waals surface area contributed by atoms with Crippen LogP contribution in [0.25, 0.3) is 22.2 Å². The van der Waals surface area contributed by atoms with Crippen molar-refractivity contribution in [2.45, 2.75) is 44.7 Å². The highest BCUT2D eigenvalue weighted by Gasteiger charge is 2.31. The van der Waals surface area contributed by atoms with Crippen molar-refractivity contribution in [2.75, 3.05) is 31.2 Å². The third-order valence-electron chi connectivity index (χ3n) is 7.88.